The Morgan fingerprint density at radius 2 is 1.54 bits per heavy atom. The van der Waals surface area contributed by atoms with E-state index in [9.17, 15) is 19.2 Å². The Bertz CT molecular complexity index is 1120. The molecule has 1 aliphatic heterocycles. The predicted octanol–water partition coefficient (Wildman–Crippen LogP) is 3.25. The molecule has 2 aromatic rings. The van der Waals surface area contributed by atoms with Crippen molar-refractivity contribution in [2.24, 2.45) is 0 Å². The van der Waals surface area contributed by atoms with Gasteiger partial charge in [-0.2, -0.15) is 0 Å². The van der Waals surface area contributed by atoms with Crippen molar-refractivity contribution in [2.45, 2.75) is 51.1 Å². The summed E-state index contributed by atoms with van der Waals surface area (Å²) < 4.78 is 11.2. The van der Waals surface area contributed by atoms with Crippen molar-refractivity contribution in [2.75, 3.05) is 0 Å². The van der Waals surface area contributed by atoms with Crippen molar-refractivity contribution in [1.29, 1.82) is 0 Å². The van der Waals surface area contributed by atoms with Crippen molar-refractivity contribution in [3.8, 4) is 0 Å². The third kappa shape index (κ3) is 6.64. The highest BCUT2D eigenvalue weighted by Gasteiger charge is 2.53. The second-order valence-corrected chi connectivity index (χ2v) is 9.11. The Hall–Kier alpha value is -3.30. The lowest BCUT2D eigenvalue weighted by Crippen LogP contribution is -2.72. The number of esters is 1. The summed E-state index contributed by atoms with van der Waals surface area (Å²) in [7, 11) is 0. The van der Waals surface area contributed by atoms with E-state index < -0.39 is 29.2 Å². The van der Waals surface area contributed by atoms with Crippen LogP contribution in [0.2, 0.25) is 0 Å². The minimum atomic E-state index is -1.08. The van der Waals surface area contributed by atoms with E-state index >= 15 is 0 Å². The number of ether oxygens (including phenoxy) is 2. The molecule has 0 radical (unpaired) electrons. The lowest BCUT2D eigenvalue weighted by atomic mass is 10.0. The van der Waals surface area contributed by atoms with Crippen LogP contribution in [-0.4, -0.2) is 45.7 Å². The second kappa shape index (κ2) is 11.9. The van der Waals surface area contributed by atoms with Crippen molar-refractivity contribution in [3.63, 3.8) is 0 Å². The first-order chi connectivity index (χ1) is 16.7. The number of Topliss-reactive ketones (excluding diaryl/α,β-unsaturated/α-hetero) is 1. The number of nitrogens with one attached hydrogen (secondary N) is 1. The van der Waals surface area contributed by atoms with Gasteiger partial charge in [-0.25, -0.2) is 4.79 Å². The zero-order valence-electron chi connectivity index (χ0n) is 19.7. The molecule has 9 heteroatoms. The molecule has 0 saturated carbocycles. The van der Waals surface area contributed by atoms with Gasteiger partial charge in [-0.3, -0.25) is 19.3 Å². The van der Waals surface area contributed by atoms with Gasteiger partial charge in [0.05, 0.1) is 6.42 Å². The molecule has 184 valence electrons. The van der Waals surface area contributed by atoms with Crippen molar-refractivity contribution < 1.29 is 28.7 Å². The minimum absolute atomic E-state index is 0.00717. The molecule has 0 aromatic heterocycles. The van der Waals surface area contributed by atoms with Crippen LogP contribution in [-0.2, 0) is 41.7 Å². The molecule has 0 aliphatic carbocycles. The smallest absolute Gasteiger partial charge is 0.355 e. The molecule has 1 N–H and O–H groups in total. The third-order valence-electron chi connectivity index (χ3n) is 5.27. The van der Waals surface area contributed by atoms with Gasteiger partial charge in [-0.1, -0.05) is 60.7 Å². The number of halogens is 1. The molecular weight excluding hydrogens is 516 g/mol. The molecule has 3 rings (SSSR count). The highest BCUT2D eigenvalue weighted by molar-refractivity contribution is 9.09. The molecule has 35 heavy (non-hydrogen) atoms. The first-order valence-electron chi connectivity index (χ1n) is 11.0. The molecule has 1 heterocycles. The van der Waals surface area contributed by atoms with E-state index in [1.807, 2.05) is 48.5 Å². The van der Waals surface area contributed by atoms with Gasteiger partial charge in [0.25, 0.3) is 5.91 Å². The fourth-order valence-corrected chi connectivity index (χ4v) is 3.75. The highest BCUT2D eigenvalue weighted by atomic mass is 79.9. The molecule has 0 bridgehead atoms. The average molecular weight is 543 g/mol. The molecular formula is C26H27BrN2O6. The van der Waals surface area contributed by atoms with E-state index in [2.05, 4.69) is 21.2 Å². The standard InChI is InChI=1S/C26H27BrN2O6/c1-16(2)22(26(33)34-15-19-12-8-5-9-13-19)29-24(32)21(25(29)35-23(27)17(3)30)28-20(31)14-18-10-6-4-7-11-18/h4-13,21,23,25H,14-15H2,1-3H3,(H,28,31)/t21?,23?,25-/m0/s1. The van der Waals surface area contributed by atoms with E-state index in [-0.39, 0.29) is 30.4 Å². The first-order valence-corrected chi connectivity index (χ1v) is 12.0. The van der Waals surface area contributed by atoms with Crippen LogP contribution in [0.3, 0.4) is 0 Å². The second-order valence-electron chi connectivity index (χ2n) is 8.28. The van der Waals surface area contributed by atoms with Crippen LogP contribution < -0.4 is 5.32 Å². The van der Waals surface area contributed by atoms with E-state index in [4.69, 9.17) is 9.47 Å². The average Bonchev–Trinajstić information content (AvgIpc) is 2.84. The first kappa shape index (κ1) is 26.3. The van der Waals surface area contributed by atoms with Crippen molar-refractivity contribution >= 4 is 39.5 Å². The summed E-state index contributed by atoms with van der Waals surface area (Å²) in [6.07, 6.45) is -1.01. The molecule has 8 nitrogen and oxygen atoms in total. The lowest BCUT2D eigenvalue weighted by Gasteiger charge is -2.47. The Kier molecular flexibility index (Phi) is 8.95. The van der Waals surface area contributed by atoms with Crippen LogP contribution >= 0.6 is 15.9 Å². The van der Waals surface area contributed by atoms with E-state index in [0.717, 1.165) is 16.0 Å². The summed E-state index contributed by atoms with van der Waals surface area (Å²) in [6.45, 7) is 4.68. The fraction of sp³-hybridized carbons (Fsp3) is 0.308. The van der Waals surface area contributed by atoms with Crippen LogP contribution in [0, 0.1) is 0 Å². The van der Waals surface area contributed by atoms with Gasteiger partial charge >= 0.3 is 5.97 Å². The van der Waals surface area contributed by atoms with Crippen molar-refractivity contribution in [1.82, 2.24) is 10.2 Å². The molecule has 2 aromatic carbocycles. The predicted molar refractivity (Wildman–Crippen MR) is 132 cm³/mol. The Balaban J connectivity index is 1.77. The number of amides is 2. The molecule has 2 amide bonds. The Labute approximate surface area is 212 Å². The normalized spacial score (nSPS) is 17.7. The number of nitrogens with zero attached hydrogens (tertiary/aromatic N) is 1. The van der Waals surface area contributed by atoms with Gasteiger partial charge in [-0.05, 0) is 53.4 Å². The van der Waals surface area contributed by atoms with Gasteiger partial charge < -0.3 is 14.8 Å². The van der Waals surface area contributed by atoms with Gasteiger partial charge in [0.2, 0.25) is 5.91 Å². The molecule has 1 fully saturated rings. The van der Waals surface area contributed by atoms with Gasteiger partial charge in [0.1, 0.15) is 12.3 Å². The summed E-state index contributed by atoms with van der Waals surface area (Å²) in [5, 5.41) is 1.64. The maximum absolute atomic E-state index is 13.1. The van der Waals surface area contributed by atoms with E-state index in [1.54, 1.807) is 26.0 Å². The Morgan fingerprint density at radius 3 is 2.09 bits per heavy atom. The topological polar surface area (TPSA) is 102 Å². The maximum Gasteiger partial charge on any atom is 0.355 e. The van der Waals surface area contributed by atoms with E-state index in [0.29, 0.717) is 5.57 Å². The number of alkyl halides is 1. The zero-order chi connectivity index (χ0) is 25.5. The fourth-order valence-electron chi connectivity index (χ4n) is 3.53. The quantitative estimate of drug-likeness (QED) is 0.214. The number of carbonyl (C=O) groups excluding carboxylic acids is 4. The number of likely N-dealkylation sites (tertiary alicyclic amines) is 1. The van der Waals surface area contributed by atoms with Gasteiger partial charge in [-0.15, -0.1) is 0 Å². The third-order valence-corrected chi connectivity index (χ3v) is 6.13. The van der Waals surface area contributed by atoms with Crippen molar-refractivity contribution in [3.05, 3.63) is 83.1 Å². The van der Waals surface area contributed by atoms with Gasteiger partial charge in [0.15, 0.2) is 23.1 Å². The Morgan fingerprint density at radius 1 is 0.971 bits per heavy atom. The zero-order valence-corrected chi connectivity index (χ0v) is 21.3. The van der Waals surface area contributed by atoms with Crippen LogP contribution in [0.4, 0.5) is 0 Å². The maximum atomic E-state index is 13.1. The number of benzene rings is 2. The number of rotatable bonds is 10. The lowest BCUT2D eigenvalue weighted by molar-refractivity contribution is -0.185. The summed E-state index contributed by atoms with van der Waals surface area (Å²) in [5.74, 6) is -1.96. The largest absolute Gasteiger partial charge is 0.456 e. The molecule has 2 unspecified atom stereocenters. The number of allylic oxidation sites excluding steroid dienone is 1. The minimum Gasteiger partial charge on any atom is -0.456 e. The number of hydrogen-bond acceptors (Lipinski definition) is 6. The molecule has 0 spiro atoms. The molecule has 1 aliphatic rings. The van der Waals surface area contributed by atoms with Gasteiger partial charge in [0, 0.05) is 0 Å². The number of hydrogen-bond donors (Lipinski definition) is 1. The SMILES string of the molecule is CC(=O)C(Br)O[C@H]1C(NC(=O)Cc2ccccc2)C(=O)N1C(C(=O)OCc1ccccc1)=C(C)C. The number of β-lactam (4-membered cyclic amide) rings is 1. The number of ketones is 1. The van der Waals surface area contributed by atoms with Crippen LogP contribution in [0.15, 0.2) is 71.9 Å². The number of carbonyl (C=O) groups is 4. The van der Waals surface area contributed by atoms with Crippen LogP contribution in [0.1, 0.15) is 31.9 Å². The summed E-state index contributed by atoms with van der Waals surface area (Å²) in [5.41, 5.74) is 2.10. The van der Waals surface area contributed by atoms with Crippen LogP contribution in [0.25, 0.3) is 0 Å². The van der Waals surface area contributed by atoms with E-state index in [1.165, 1.54) is 6.92 Å². The highest BCUT2D eigenvalue weighted by Crippen LogP contribution is 2.31. The summed E-state index contributed by atoms with van der Waals surface area (Å²) in [6, 6.07) is 17.1. The molecule has 1 saturated heterocycles. The summed E-state index contributed by atoms with van der Waals surface area (Å²) in [4.78, 5) is 51.7. The monoisotopic (exact) mass is 542 g/mol. The molecule has 3 atom stereocenters. The summed E-state index contributed by atoms with van der Waals surface area (Å²) >= 11 is 3.14. The van der Waals surface area contributed by atoms with Crippen LogP contribution in [0.5, 0.6) is 0 Å².